The van der Waals surface area contributed by atoms with Crippen LogP contribution in [0.25, 0.3) is 0 Å². The Bertz CT molecular complexity index is 769. The predicted octanol–water partition coefficient (Wildman–Crippen LogP) is 0.394. The second-order valence-corrected chi connectivity index (χ2v) is 7.68. The standard InChI is InChI=1S/C19H28N4O7/c1-19(2,12-30-23(27)28)22-18(26)8-9-20-10-13(24)11-29-16-5-3-4-15-14(16)6-7-17(25)21-15/h3-5,13,20,24H,6-12H2,1-2H3,(H,21,25)(H,22,26). The Morgan fingerprint density at radius 3 is 2.90 bits per heavy atom. The Kier molecular flexibility index (Phi) is 8.36. The maximum Gasteiger partial charge on any atom is 0.294 e. The summed E-state index contributed by atoms with van der Waals surface area (Å²) in [7, 11) is 0. The number of ether oxygens (including phenoxy) is 1. The zero-order valence-corrected chi connectivity index (χ0v) is 17.1. The third kappa shape index (κ3) is 7.84. The van der Waals surface area contributed by atoms with Gasteiger partial charge in [0.1, 0.15) is 25.1 Å². The first-order valence-electron chi connectivity index (χ1n) is 9.68. The van der Waals surface area contributed by atoms with E-state index >= 15 is 0 Å². The smallest absolute Gasteiger partial charge is 0.294 e. The molecule has 166 valence electrons. The third-order valence-corrected chi connectivity index (χ3v) is 4.36. The van der Waals surface area contributed by atoms with Crippen LogP contribution in [-0.4, -0.2) is 60.0 Å². The molecule has 30 heavy (non-hydrogen) atoms. The molecule has 1 unspecified atom stereocenters. The molecule has 11 nitrogen and oxygen atoms in total. The Hall–Kier alpha value is -2.92. The highest BCUT2D eigenvalue weighted by atomic mass is 16.9. The van der Waals surface area contributed by atoms with Gasteiger partial charge in [-0.25, -0.2) is 0 Å². The molecule has 1 aliphatic heterocycles. The Morgan fingerprint density at radius 1 is 1.40 bits per heavy atom. The molecule has 0 aliphatic carbocycles. The molecule has 0 saturated carbocycles. The van der Waals surface area contributed by atoms with E-state index in [1.807, 2.05) is 6.07 Å². The van der Waals surface area contributed by atoms with E-state index in [4.69, 9.17) is 4.74 Å². The average molecular weight is 424 g/mol. The summed E-state index contributed by atoms with van der Waals surface area (Å²) in [5.41, 5.74) is 0.776. The lowest BCUT2D eigenvalue weighted by molar-refractivity contribution is -0.759. The number of carbonyl (C=O) groups excluding carboxylic acids is 2. The van der Waals surface area contributed by atoms with Gasteiger partial charge in [0, 0.05) is 37.2 Å². The minimum atomic E-state index is -0.903. The fraction of sp³-hybridized carbons (Fsp3) is 0.579. The fourth-order valence-electron chi connectivity index (χ4n) is 2.93. The first-order valence-corrected chi connectivity index (χ1v) is 9.68. The largest absolute Gasteiger partial charge is 0.490 e. The number of carbonyl (C=O) groups is 2. The van der Waals surface area contributed by atoms with Crippen LogP contribution >= 0.6 is 0 Å². The fourth-order valence-corrected chi connectivity index (χ4v) is 2.93. The highest BCUT2D eigenvalue weighted by molar-refractivity contribution is 5.94. The molecular formula is C19H28N4O7. The van der Waals surface area contributed by atoms with E-state index in [0.29, 0.717) is 25.1 Å². The van der Waals surface area contributed by atoms with Gasteiger partial charge in [0.15, 0.2) is 0 Å². The quantitative estimate of drug-likeness (QED) is 0.214. The SMILES string of the molecule is CC(C)(CO[N+](=O)[O-])NC(=O)CCNCC(O)COc1cccc2c1CCC(=O)N2. The number of amides is 2. The summed E-state index contributed by atoms with van der Waals surface area (Å²) < 4.78 is 5.70. The van der Waals surface area contributed by atoms with Crippen LogP contribution in [0.5, 0.6) is 5.75 Å². The molecule has 2 amide bonds. The minimum absolute atomic E-state index is 0.0263. The van der Waals surface area contributed by atoms with Gasteiger partial charge in [0.2, 0.25) is 11.8 Å². The van der Waals surface area contributed by atoms with Gasteiger partial charge >= 0.3 is 0 Å². The number of aliphatic hydroxyl groups is 1. The van der Waals surface area contributed by atoms with Crippen LogP contribution in [0.15, 0.2) is 18.2 Å². The number of fused-ring (bicyclic) bond motifs is 1. The van der Waals surface area contributed by atoms with Crippen LogP contribution in [-0.2, 0) is 20.8 Å². The van der Waals surface area contributed by atoms with Crippen molar-refractivity contribution in [3.63, 3.8) is 0 Å². The lowest BCUT2D eigenvalue weighted by Gasteiger charge is -2.25. The van der Waals surface area contributed by atoms with E-state index in [2.05, 4.69) is 20.8 Å². The molecule has 11 heteroatoms. The van der Waals surface area contributed by atoms with E-state index in [0.717, 1.165) is 11.3 Å². The monoisotopic (exact) mass is 424 g/mol. The first-order chi connectivity index (χ1) is 14.2. The van der Waals surface area contributed by atoms with Gasteiger partial charge < -0.3 is 30.6 Å². The van der Waals surface area contributed by atoms with E-state index in [1.54, 1.807) is 26.0 Å². The van der Waals surface area contributed by atoms with Crippen molar-refractivity contribution in [2.24, 2.45) is 0 Å². The van der Waals surface area contributed by atoms with Crippen LogP contribution in [0.2, 0.25) is 0 Å². The van der Waals surface area contributed by atoms with Gasteiger partial charge in [0.05, 0.1) is 5.54 Å². The molecule has 1 atom stereocenters. The van der Waals surface area contributed by atoms with E-state index in [-0.39, 0.29) is 38.0 Å². The molecule has 4 N–H and O–H groups in total. The lowest BCUT2D eigenvalue weighted by atomic mass is 10.0. The van der Waals surface area contributed by atoms with Crippen molar-refractivity contribution >= 4 is 17.5 Å². The summed E-state index contributed by atoms with van der Waals surface area (Å²) in [5.74, 6) is 0.315. The zero-order valence-electron chi connectivity index (χ0n) is 17.1. The molecule has 1 aliphatic rings. The average Bonchev–Trinajstić information content (AvgIpc) is 2.67. The number of aliphatic hydroxyl groups excluding tert-OH is 1. The van der Waals surface area contributed by atoms with Gasteiger partial charge in [0.25, 0.3) is 5.09 Å². The highest BCUT2D eigenvalue weighted by Crippen LogP contribution is 2.31. The van der Waals surface area contributed by atoms with E-state index in [1.165, 1.54) is 0 Å². The van der Waals surface area contributed by atoms with Gasteiger partial charge in [-0.1, -0.05) is 6.07 Å². The van der Waals surface area contributed by atoms with Crippen LogP contribution in [0.4, 0.5) is 5.69 Å². The van der Waals surface area contributed by atoms with Crippen molar-refractivity contribution < 1.29 is 29.4 Å². The zero-order chi connectivity index (χ0) is 22.1. The molecule has 0 fully saturated rings. The summed E-state index contributed by atoms with van der Waals surface area (Å²) in [6.07, 6.45) is 0.340. The molecule has 1 heterocycles. The van der Waals surface area contributed by atoms with Crippen molar-refractivity contribution in [1.29, 1.82) is 0 Å². The number of nitrogens with one attached hydrogen (secondary N) is 3. The van der Waals surface area contributed by atoms with Crippen molar-refractivity contribution in [3.05, 3.63) is 33.9 Å². The molecule has 0 saturated heterocycles. The maximum absolute atomic E-state index is 11.9. The number of benzene rings is 1. The third-order valence-electron chi connectivity index (χ3n) is 4.36. The van der Waals surface area contributed by atoms with Crippen molar-refractivity contribution in [2.45, 2.75) is 44.8 Å². The summed E-state index contributed by atoms with van der Waals surface area (Å²) in [5, 5.41) is 27.9. The van der Waals surface area contributed by atoms with Crippen molar-refractivity contribution in [1.82, 2.24) is 10.6 Å². The second kappa shape index (κ2) is 10.7. The minimum Gasteiger partial charge on any atom is -0.490 e. The second-order valence-electron chi connectivity index (χ2n) is 7.68. The van der Waals surface area contributed by atoms with Gasteiger partial charge in [-0.05, 0) is 32.4 Å². The lowest BCUT2D eigenvalue weighted by Crippen LogP contribution is -2.48. The Labute approximate surface area is 174 Å². The first kappa shape index (κ1) is 23.4. The van der Waals surface area contributed by atoms with Gasteiger partial charge in [-0.3, -0.25) is 9.59 Å². The molecule has 1 aromatic carbocycles. The summed E-state index contributed by atoms with van der Waals surface area (Å²) in [6.45, 7) is 3.61. The molecule has 0 spiro atoms. The van der Waals surface area contributed by atoms with Crippen LogP contribution in [0, 0.1) is 10.1 Å². The maximum atomic E-state index is 11.9. The summed E-state index contributed by atoms with van der Waals surface area (Å²) >= 11 is 0. The normalized spacial score (nSPS) is 14.3. The van der Waals surface area contributed by atoms with Crippen LogP contribution < -0.4 is 20.7 Å². The number of rotatable bonds is 12. The van der Waals surface area contributed by atoms with Crippen LogP contribution in [0.3, 0.4) is 0 Å². The molecule has 0 radical (unpaired) electrons. The van der Waals surface area contributed by atoms with E-state index in [9.17, 15) is 24.8 Å². The number of anilines is 1. The molecule has 2 rings (SSSR count). The predicted molar refractivity (Wildman–Crippen MR) is 108 cm³/mol. The Balaban J connectivity index is 1.66. The number of hydrogen-bond donors (Lipinski definition) is 4. The number of nitrogens with zero attached hydrogens (tertiary/aromatic N) is 1. The topological polar surface area (TPSA) is 152 Å². The summed E-state index contributed by atoms with van der Waals surface area (Å²) in [6, 6.07) is 5.39. The molecule has 1 aromatic rings. The highest BCUT2D eigenvalue weighted by Gasteiger charge is 2.22. The Morgan fingerprint density at radius 2 is 2.17 bits per heavy atom. The molecule has 0 bridgehead atoms. The van der Waals surface area contributed by atoms with Gasteiger partial charge in [-0.15, -0.1) is 10.1 Å². The van der Waals surface area contributed by atoms with Crippen molar-refractivity contribution in [2.75, 3.05) is 31.6 Å². The van der Waals surface area contributed by atoms with Crippen LogP contribution in [0.1, 0.15) is 32.3 Å². The number of hydrogen-bond acceptors (Lipinski definition) is 8. The van der Waals surface area contributed by atoms with Gasteiger partial charge in [-0.2, -0.15) is 0 Å². The van der Waals surface area contributed by atoms with Crippen molar-refractivity contribution in [3.8, 4) is 5.75 Å². The molecule has 0 aromatic heterocycles. The van der Waals surface area contributed by atoms with E-state index < -0.39 is 16.7 Å². The summed E-state index contributed by atoms with van der Waals surface area (Å²) in [4.78, 5) is 37.9. The molecular weight excluding hydrogens is 396 g/mol.